The molecule has 7 heteroatoms. The summed E-state index contributed by atoms with van der Waals surface area (Å²) in [6.45, 7) is 0. The lowest BCUT2D eigenvalue weighted by Gasteiger charge is -2.16. The van der Waals surface area contributed by atoms with E-state index >= 15 is 0 Å². The molecule has 0 spiro atoms. The SMILES string of the molecule is NC(=O)C(NC(=O)c1ccccc1)c1n[nH]c(=O)c2ccccc12. The van der Waals surface area contributed by atoms with E-state index in [4.69, 9.17) is 5.73 Å². The molecule has 1 unspecified atom stereocenters. The van der Waals surface area contributed by atoms with E-state index in [1.807, 2.05) is 0 Å². The van der Waals surface area contributed by atoms with Crippen LogP contribution in [0.15, 0.2) is 59.4 Å². The van der Waals surface area contributed by atoms with Crippen molar-refractivity contribution in [1.82, 2.24) is 15.5 Å². The van der Waals surface area contributed by atoms with Gasteiger partial charge < -0.3 is 11.1 Å². The van der Waals surface area contributed by atoms with Crippen LogP contribution in [-0.2, 0) is 4.79 Å². The number of nitrogens with zero attached hydrogens (tertiary/aromatic N) is 1. The van der Waals surface area contributed by atoms with Crippen LogP contribution in [0.3, 0.4) is 0 Å². The van der Waals surface area contributed by atoms with E-state index in [0.717, 1.165) is 0 Å². The number of H-pyrrole nitrogens is 1. The Balaban J connectivity index is 2.04. The van der Waals surface area contributed by atoms with Gasteiger partial charge in [0.2, 0.25) is 5.91 Å². The number of rotatable bonds is 4. The van der Waals surface area contributed by atoms with E-state index < -0.39 is 17.9 Å². The second kappa shape index (κ2) is 6.33. The maximum Gasteiger partial charge on any atom is 0.272 e. The normalized spacial score (nSPS) is 11.8. The number of benzene rings is 2. The number of fused-ring (bicyclic) bond motifs is 1. The molecule has 3 aromatic rings. The molecule has 0 saturated heterocycles. The standard InChI is InChI=1S/C17H14N4O3/c18-15(22)14(19-16(23)10-6-2-1-3-7-10)13-11-8-4-5-9-12(11)17(24)21-20-13/h1-9,14H,(H2,18,22)(H,19,23)(H,21,24). The lowest BCUT2D eigenvalue weighted by Crippen LogP contribution is -2.38. The molecule has 24 heavy (non-hydrogen) atoms. The quantitative estimate of drug-likeness (QED) is 0.660. The van der Waals surface area contributed by atoms with E-state index in [-0.39, 0.29) is 11.3 Å². The van der Waals surface area contributed by atoms with Gasteiger partial charge in [0.25, 0.3) is 11.5 Å². The Labute approximate surface area is 136 Å². The Morgan fingerprint density at radius 1 is 1.00 bits per heavy atom. The fourth-order valence-corrected chi connectivity index (χ4v) is 2.43. The van der Waals surface area contributed by atoms with E-state index in [2.05, 4.69) is 15.5 Å². The zero-order valence-electron chi connectivity index (χ0n) is 12.5. The third kappa shape index (κ3) is 2.87. The van der Waals surface area contributed by atoms with Crippen LogP contribution >= 0.6 is 0 Å². The highest BCUT2D eigenvalue weighted by atomic mass is 16.2. The van der Waals surface area contributed by atoms with Crippen LogP contribution in [-0.4, -0.2) is 22.0 Å². The Hall–Kier alpha value is -3.48. The van der Waals surface area contributed by atoms with E-state index in [0.29, 0.717) is 16.3 Å². The summed E-state index contributed by atoms with van der Waals surface area (Å²) in [7, 11) is 0. The van der Waals surface area contributed by atoms with Gasteiger partial charge >= 0.3 is 0 Å². The molecule has 0 aliphatic carbocycles. The Kier molecular flexibility index (Phi) is 4.07. The number of nitrogens with one attached hydrogen (secondary N) is 2. The first kappa shape index (κ1) is 15.4. The summed E-state index contributed by atoms with van der Waals surface area (Å²) in [6.07, 6.45) is 0. The largest absolute Gasteiger partial charge is 0.368 e. The highest BCUT2D eigenvalue weighted by Gasteiger charge is 2.25. The summed E-state index contributed by atoms with van der Waals surface area (Å²) >= 11 is 0. The summed E-state index contributed by atoms with van der Waals surface area (Å²) in [4.78, 5) is 36.0. The molecule has 2 amide bonds. The molecule has 2 aromatic carbocycles. The molecule has 4 N–H and O–H groups in total. The third-order valence-electron chi connectivity index (χ3n) is 3.59. The molecule has 0 saturated carbocycles. The third-order valence-corrected chi connectivity index (χ3v) is 3.59. The summed E-state index contributed by atoms with van der Waals surface area (Å²) < 4.78 is 0. The van der Waals surface area contributed by atoms with Crippen molar-refractivity contribution in [2.45, 2.75) is 6.04 Å². The minimum atomic E-state index is -1.17. The van der Waals surface area contributed by atoms with Crippen LogP contribution in [0.1, 0.15) is 22.1 Å². The minimum Gasteiger partial charge on any atom is -0.368 e. The Morgan fingerprint density at radius 3 is 2.29 bits per heavy atom. The number of carbonyl (C=O) groups excluding carboxylic acids is 2. The molecule has 7 nitrogen and oxygen atoms in total. The highest BCUT2D eigenvalue weighted by molar-refractivity contribution is 5.99. The fraction of sp³-hybridized carbons (Fsp3) is 0.0588. The topological polar surface area (TPSA) is 118 Å². The van der Waals surface area contributed by atoms with Crippen molar-refractivity contribution in [2.24, 2.45) is 5.73 Å². The molecule has 0 aliphatic heterocycles. The molecule has 0 fully saturated rings. The van der Waals surface area contributed by atoms with Crippen molar-refractivity contribution in [3.05, 3.63) is 76.2 Å². The molecule has 0 radical (unpaired) electrons. The Morgan fingerprint density at radius 2 is 1.62 bits per heavy atom. The van der Waals surface area contributed by atoms with Gasteiger partial charge in [-0.3, -0.25) is 14.4 Å². The predicted octanol–water partition coefficient (Wildman–Crippen LogP) is 0.879. The number of hydrogen-bond donors (Lipinski definition) is 3. The molecule has 0 aliphatic rings. The van der Waals surface area contributed by atoms with Gasteiger partial charge in [-0.1, -0.05) is 36.4 Å². The lowest BCUT2D eigenvalue weighted by molar-refractivity contribution is -0.120. The number of carbonyl (C=O) groups is 2. The van der Waals surface area contributed by atoms with Gasteiger partial charge in [0.1, 0.15) is 5.69 Å². The molecule has 3 rings (SSSR count). The highest BCUT2D eigenvalue weighted by Crippen LogP contribution is 2.19. The Bertz CT molecular complexity index is 966. The maximum absolute atomic E-state index is 12.3. The average Bonchev–Trinajstić information content (AvgIpc) is 2.61. The first-order chi connectivity index (χ1) is 11.6. The number of aromatic amines is 1. The van der Waals surface area contributed by atoms with Gasteiger partial charge in [-0.25, -0.2) is 5.10 Å². The van der Waals surface area contributed by atoms with Gasteiger partial charge in [-0.2, -0.15) is 5.10 Å². The minimum absolute atomic E-state index is 0.196. The van der Waals surface area contributed by atoms with Crippen LogP contribution in [0.25, 0.3) is 10.8 Å². The van der Waals surface area contributed by atoms with Crippen molar-refractivity contribution in [1.29, 1.82) is 0 Å². The number of aromatic nitrogens is 2. The first-order valence-electron chi connectivity index (χ1n) is 7.20. The monoisotopic (exact) mass is 322 g/mol. The smallest absolute Gasteiger partial charge is 0.272 e. The molecule has 1 atom stereocenters. The van der Waals surface area contributed by atoms with Gasteiger partial charge in [-0.05, 0) is 18.2 Å². The summed E-state index contributed by atoms with van der Waals surface area (Å²) in [5, 5.41) is 9.63. The van der Waals surface area contributed by atoms with Crippen LogP contribution in [0.4, 0.5) is 0 Å². The summed E-state index contributed by atoms with van der Waals surface area (Å²) in [5.41, 5.74) is 5.64. The maximum atomic E-state index is 12.3. The van der Waals surface area contributed by atoms with Crippen molar-refractivity contribution >= 4 is 22.6 Å². The second-order valence-corrected chi connectivity index (χ2v) is 5.16. The molecule has 0 bridgehead atoms. The lowest BCUT2D eigenvalue weighted by atomic mass is 10.0. The molecule has 1 aromatic heterocycles. The van der Waals surface area contributed by atoms with Crippen LogP contribution in [0.5, 0.6) is 0 Å². The van der Waals surface area contributed by atoms with Gasteiger partial charge in [-0.15, -0.1) is 0 Å². The van der Waals surface area contributed by atoms with Crippen molar-refractivity contribution in [3.63, 3.8) is 0 Å². The van der Waals surface area contributed by atoms with E-state index in [1.165, 1.54) is 0 Å². The second-order valence-electron chi connectivity index (χ2n) is 5.16. The molecular weight excluding hydrogens is 308 g/mol. The van der Waals surface area contributed by atoms with Crippen molar-refractivity contribution in [3.8, 4) is 0 Å². The van der Waals surface area contributed by atoms with E-state index in [9.17, 15) is 14.4 Å². The number of hydrogen-bond acceptors (Lipinski definition) is 4. The van der Waals surface area contributed by atoms with Gasteiger partial charge in [0, 0.05) is 10.9 Å². The molecule has 120 valence electrons. The first-order valence-corrected chi connectivity index (χ1v) is 7.20. The summed E-state index contributed by atoms with van der Waals surface area (Å²) in [5.74, 6) is -1.24. The average molecular weight is 322 g/mol. The summed E-state index contributed by atoms with van der Waals surface area (Å²) in [6, 6.07) is 13.9. The zero-order chi connectivity index (χ0) is 17.1. The van der Waals surface area contributed by atoms with Crippen LogP contribution < -0.4 is 16.6 Å². The fourth-order valence-electron chi connectivity index (χ4n) is 2.43. The van der Waals surface area contributed by atoms with Gasteiger partial charge in [0.15, 0.2) is 6.04 Å². The number of primary amides is 1. The zero-order valence-corrected chi connectivity index (χ0v) is 12.5. The predicted molar refractivity (Wildman–Crippen MR) is 88.2 cm³/mol. The number of amides is 2. The molecular formula is C17H14N4O3. The van der Waals surface area contributed by atoms with E-state index in [1.54, 1.807) is 54.6 Å². The van der Waals surface area contributed by atoms with Gasteiger partial charge in [0.05, 0.1) is 5.39 Å². The molecule has 1 heterocycles. The number of nitrogens with two attached hydrogens (primary N) is 1. The van der Waals surface area contributed by atoms with Crippen LogP contribution in [0, 0.1) is 0 Å². The van der Waals surface area contributed by atoms with Crippen molar-refractivity contribution < 1.29 is 9.59 Å². The van der Waals surface area contributed by atoms with Crippen molar-refractivity contribution in [2.75, 3.05) is 0 Å². The van der Waals surface area contributed by atoms with Crippen LogP contribution in [0.2, 0.25) is 0 Å².